The van der Waals surface area contributed by atoms with Crippen LogP contribution in [0.2, 0.25) is 0 Å². The Balaban J connectivity index is 1.95. The number of carbonyl (C=O) groups is 2. The average molecular weight is 392 g/mol. The number of ether oxygens (including phenoxy) is 2. The Labute approximate surface area is 172 Å². The highest BCUT2D eigenvalue weighted by Gasteiger charge is 2.63. The van der Waals surface area contributed by atoms with E-state index in [1.54, 1.807) is 6.08 Å². The molecular weight excluding hydrogens is 364 g/mol. The Morgan fingerprint density at radius 2 is 1.86 bits per heavy atom. The highest BCUT2D eigenvalue weighted by atomic mass is 16.6. The molecule has 0 aromatic carbocycles. The molecule has 1 spiro atoms. The third-order valence-electron chi connectivity index (χ3n) is 6.57. The fraction of sp³-hybridized carbons (Fsp3) is 0.440. The van der Waals surface area contributed by atoms with Crippen molar-refractivity contribution in [3.8, 4) is 0 Å². The first-order valence-corrected chi connectivity index (χ1v) is 10.3. The summed E-state index contributed by atoms with van der Waals surface area (Å²) in [5, 5.41) is 0. The van der Waals surface area contributed by atoms with Crippen LogP contribution in [0.3, 0.4) is 0 Å². The zero-order valence-corrected chi connectivity index (χ0v) is 17.6. The van der Waals surface area contributed by atoms with E-state index in [1.807, 2.05) is 19.9 Å². The predicted molar refractivity (Wildman–Crippen MR) is 112 cm³/mol. The van der Waals surface area contributed by atoms with E-state index < -0.39 is 17.0 Å². The molecule has 3 atom stereocenters. The quantitative estimate of drug-likeness (QED) is 0.334. The molecule has 2 aliphatic carbocycles. The van der Waals surface area contributed by atoms with Gasteiger partial charge in [0.15, 0.2) is 5.60 Å². The first-order chi connectivity index (χ1) is 13.8. The fourth-order valence-electron chi connectivity index (χ4n) is 4.83. The molecule has 5 aliphatic rings. The second-order valence-electron chi connectivity index (χ2n) is 8.83. The average Bonchev–Trinajstić information content (AvgIpc) is 2.91. The number of fused-ring (bicyclic) bond motifs is 5. The first kappa shape index (κ1) is 19.7. The van der Waals surface area contributed by atoms with Crippen LogP contribution in [0.1, 0.15) is 47.0 Å². The van der Waals surface area contributed by atoms with Crippen molar-refractivity contribution in [2.24, 2.45) is 11.3 Å². The van der Waals surface area contributed by atoms with Crippen molar-refractivity contribution >= 4 is 11.8 Å². The van der Waals surface area contributed by atoms with E-state index in [0.29, 0.717) is 18.8 Å². The van der Waals surface area contributed by atoms with Crippen molar-refractivity contribution in [2.45, 2.75) is 52.6 Å². The van der Waals surface area contributed by atoms with Gasteiger partial charge in [-0.3, -0.25) is 4.79 Å². The van der Waals surface area contributed by atoms with Gasteiger partial charge in [0.05, 0.1) is 5.41 Å². The van der Waals surface area contributed by atoms with E-state index in [0.717, 1.165) is 24.0 Å². The maximum atomic E-state index is 13.8. The van der Waals surface area contributed by atoms with E-state index in [9.17, 15) is 9.59 Å². The second kappa shape index (κ2) is 7.01. The van der Waals surface area contributed by atoms with Crippen LogP contribution in [-0.2, 0) is 19.1 Å². The summed E-state index contributed by atoms with van der Waals surface area (Å²) in [6.45, 7) is 8.54. The topological polar surface area (TPSA) is 52.6 Å². The molecule has 0 aromatic heterocycles. The normalized spacial score (nSPS) is 41.7. The fourth-order valence-corrected chi connectivity index (χ4v) is 4.83. The number of carbonyl (C=O) groups excluding carboxylic acids is 2. The van der Waals surface area contributed by atoms with Crippen LogP contribution in [0.4, 0.5) is 0 Å². The maximum absolute atomic E-state index is 13.8. The molecule has 5 rings (SSSR count). The van der Waals surface area contributed by atoms with E-state index in [2.05, 4.69) is 44.2 Å². The summed E-state index contributed by atoms with van der Waals surface area (Å²) in [6, 6.07) is 0. The molecule has 152 valence electrons. The van der Waals surface area contributed by atoms with Crippen molar-refractivity contribution < 1.29 is 19.1 Å². The second-order valence-corrected chi connectivity index (χ2v) is 8.83. The Kier molecular flexibility index (Phi) is 4.76. The molecule has 0 aromatic rings. The highest BCUT2D eigenvalue weighted by Crippen LogP contribution is 2.53. The molecule has 29 heavy (non-hydrogen) atoms. The summed E-state index contributed by atoms with van der Waals surface area (Å²) >= 11 is 0. The van der Waals surface area contributed by atoms with Crippen molar-refractivity contribution in [3.63, 3.8) is 0 Å². The SMILES string of the molecule is CC1=C[C@]2(C)/C=C(C)\C=C/CC/C=C3C=C/C(=C4/C(=O)O[C@]2(C[C@@H]1C)C4=O)OC/3. The molecule has 0 amide bonds. The summed E-state index contributed by atoms with van der Waals surface area (Å²) in [5.74, 6) is -0.380. The molecule has 4 nitrogen and oxygen atoms in total. The molecular formula is C25H28O4. The van der Waals surface area contributed by atoms with Gasteiger partial charge in [-0.2, -0.15) is 0 Å². The minimum Gasteiger partial charge on any atom is -0.488 e. The van der Waals surface area contributed by atoms with Gasteiger partial charge in [-0.05, 0) is 51.2 Å². The number of hydrogen-bond acceptors (Lipinski definition) is 4. The highest BCUT2D eigenvalue weighted by molar-refractivity contribution is 6.26. The lowest BCUT2D eigenvalue weighted by Crippen LogP contribution is -2.53. The lowest BCUT2D eigenvalue weighted by atomic mass is 9.61. The smallest absolute Gasteiger partial charge is 0.346 e. The van der Waals surface area contributed by atoms with Crippen LogP contribution in [-0.4, -0.2) is 24.0 Å². The molecule has 0 unspecified atom stereocenters. The van der Waals surface area contributed by atoms with Crippen LogP contribution < -0.4 is 0 Å². The molecule has 1 saturated heterocycles. The van der Waals surface area contributed by atoms with E-state index in [-0.39, 0.29) is 17.3 Å². The molecule has 0 radical (unpaired) electrons. The molecule has 1 fully saturated rings. The van der Waals surface area contributed by atoms with Gasteiger partial charge in [0.25, 0.3) is 0 Å². The van der Waals surface area contributed by atoms with Gasteiger partial charge in [0.2, 0.25) is 5.78 Å². The number of allylic oxidation sites excluding steroid dienone is 6. The lowest BCUT2D eigenvalue weighted by molar-refractivity contribution is -0.162. The van der Waals surface area contributed by atoms with Gasteiger partial charge in [0.1, 0.15) is 17.9 Å². The van der Waals surface area contributed by atoms with E-state index in [4.69, 9.17) is 9.47 Å². The molecule has 3 heterocycles. The zero-order valence-electron chi connectivity index (χ0n) is 17.6. The van der Waals surface area contributed by atoms with Gasteiger partial charge >= 0.3 is 5.97 Å². The summed E-state index contributed by atoms with van der Waals surface area (Å²) in [4.78, 5) is 26.7. The Morgan fingerprint density at radius 1 is 1.07 bits per heavy atom. The van der Waals surface area contributed by atoms with Crippen molar-refractivity contribution in [2.75, 3.05) is 6.61 Å². The Hall–Kier alpha value is -2.62. The third kappa shape index (κ3) is 3.15. The molecule has 0 saturated carbocycles. The van der Waals surface area contributed by atoms with Crippen molar-refractivity contribution in [1.82, 2.24) is 0 Å². The zero-order chi connectivity index (χ0) is 20.8. The van der Waals surface area contributed by atoms with Gasteiger partial charge in [0, 0.05) is 6.42 Å². The summed E-state index contributed by atoms with van der Waals surface area (Å²) < 4.78 is 11.8. The Bertz CT molecular complexity index is 955. The van der Waals surface area contributed by atoms with Crippen LogP contribution in [0.15, 0.2) is 70.6 Å². The van der Waals surface area contributed by atoms with Crippen LogP contribution >= 0.6 is 0 Å². The first-order valence-electron chi connectivity index (χ1n) is 10.3. The van der Waals surface area contributed by atoms with Gasteiger partial charge in [-0.15, -0.1) is 0 Å². The predicted octanol–water partition coefficient (Wildman–Crippen LogP) is 4.91. The lowest BCUT2D eigenvalue weighted by Gasteiger charge is -2.45. The van der Waals surface area contributed by atoms with Crippen LogP contribution in [0.5, 0.6) is 0 Å². The number of rotatable bonds is 0. The number of ketones is 1. The van der Waals surface area contributed by atoms with Crippen molar-refractivity contribution in [1.29, 1.82) is 0 Å². The number of Topliss-reactive ketones (excluding diaryl/α,β-unsaturated/α-hetero) is 1. The summed E-state index contributed by atoms with van der Waals surface area (Å²) in [5.41, 5.74) is 1.38. The van der Waals surface area contributed by atoms with Crippen molar-refractivity contribution in [3.05, 3.63) is 70.6 Å². The number of hydrogen-bond donors (Lipinski definition) is 0. The van der Waals surface area contributed by atoms with Crippen LogP contribution in [0, 0.1) is 11.3 Å². The Morgan fingerprint density at radius 3 is 2.59 bits per heavy atom. The van der Waals surface area contributed by atoms with Gasteiger partial charge in [-0.1, -0.05) is 54.5 Å². The van der Waals surface area contributed by atoms with Gasteiger partial charge < -0.3 is 9.47 Å². The number of esters is 1. The summed E-state index contributed by atoms with van der Waals surface area (Å²) in [6.07, 6.45) is 16.5. The summed E-state index contributed by atoms with van der Waals surface area (Å²) in [7, 11) is 0. The molecule has 4 bridgehead atoms. The van der Waals surface area contributed by atoms with Gasteiger partial charge in [-0.25, -0.2) is 4.79 Å². The molecule has 3 aliphatic heterocycles. The minimum absolute atomic E-state index is 0.0446. The van der Waals surface area contributed by atoms with E-state index >= 15 is 0 Å². The molecule has 4 heteroatoms. The standard InChI is InChI=1S/C25H28O4/c1-16-8-6-5-7-9-19-10-11-20(28-15-19)21-22(26)25(29-23(21)27)14-18(3)17(2)13-24(25,4)12-16/h6,8-13,18H,5,7,14-15H2,1-4H3/b8-6-,16-12-,19-9-,21-20-/t18-,24-,25+/m0/s1. The van der Waals surface area contributed by atoms with Crippen LogP contribution in [0.25, 0.3) is 0 Å². The minimum atomic E-state index is -1.24. The third-order valence-corrected chi connectivity index (χ3v) is 6.57. The maximum Gasteiger partial charge on any atom is 0.346 e. The van der Waals surface area contributed by atoms with E-state index in [1.165, 1.54) is 5.57 Å². The molecule has 0 N–H and O–H groups in total. The largest absolute Gasteiger partial charge is 0.488 e. The monoisotopic (exact) mass is 392 g/mol.